The summed E-state index contributed by atoms with van der Waals surface area (Å²) in [5, 5.41) is 3.48. The van der Waals surface area contributed by atoms with Gasteiger partial charge in [0.25, 0.3) is 10.0 Å². The lowest BCUT2D eigenvalue weighted by Crippen LogP contribution is -2.44. The van der Waals surface area contributed by atoms with Crippen LogP contribution in [0, 0.1) is 0 Å². The second kappa shape index (κ2) is 7.02. The third kappa shape index (κ3) is 3.61. The van der Waals surface area contributed by atoms with Crippen molar-refractivity contribution in [2.45, 2.75) is 49.8 Å². The maximum Gasteiger partial charge on any atom is 0.252 e. The summed E-state index contributed by atoms with van der Waals surface area (Å²) >= 11 is 1.40. The van der Waals surface area contributed by atoms with E-state index < -0.39 is 10.0 Å². The molecule has 0 atom stereocenters. The highest BCUT2D eigenvalue weighted by molar-refractivity contribution is 7.91. The van der Waals surface area contributed by atoms with Gasteiger partial charge in [-0.1, -0.05) is 13.8 Å². The number of thiophene rings is 1. The maximum absolute atomic E-state index is 12.6. The highest BCUT2D eigenvalue weighted by Gasteiger charge is 2.30. The van der Waals surface area contributed by atoms with Gasteiger partial charge in [-0.3, -0.25) is 0 Å². The van der Waals surface area contributed by atoms with Crippen molar-refractivity contribution in [2.75, 3.05) is 19.6 Å². The monoisotopic (exact) mass is 316 g/mol. The van der Waals surface area contributed by atoms with Crippen molar-refractivity contribution < 1.29 is 8.42 Å². The molecular weight excluding hydrogens is 292 g/mol. The first-order chi connectivity index (χ1) is 9.57. The highest BCUT2D eigenvalue weighted by atomic mass is 32.2. The first-order valence-electron chi connectivity index (χ1n) is 7.40. The molecule has 1 aliphatic rings. The van der Waals surface area contributed by atoms with Gasteiger partial charge in [0.15, 0.2) is 0 Å². The average Bonchev–Trinajstić information content (AvgIpc) is 2.95. The Labute approximate surface area is 126 Å². The number of hydrogen-bond donors (Lipinski definition) is 1. The summed E-state index contributed by atoms with van der Waals surface area (Å²) in [7, 11) is -3.27. The van der Waals surface area contributed by atoms with Crippen molar-refractivity contribution in [3.05, 3.63) is 17.0 Å². The van der Waals surface area contributed by atoms with Crippen LogP contribution in [0.25, 0.3) is 0 Å². The van der Waals surface area contributed by atoms with Crippen LogP contribution in [-0.4, -0.2) is 38.4 Å². The summed E-state index contributed by atoms with van der Waals surface area (Å²) in [6, 6.07) is 4.14. The van der Waals surface area contributed by atoms with Crippen LogP contribution in [0.5, 0.6) is 0 Å². The standard InChI is InChI=1S/C14H24N2O2S2/c1-3-9-15-12-7-10-16(11-8-12)20(17,18)14-6-5-13(4-2)19-14/h5-6,12,15H,3-4,7-11H2,1-2H3. The lowest BCUT2D eigenvalue weighted by molar-refractivity contribution is 0.290. The number of nitrogens with zero attached hydrogens (tertiary/aromatic N) is 1. The molecule has 0 radical (unpaired) electrons. The van der Waals surface area contributed by atoms with Crippen LogP contribution < -0.4 is 5.32 Å². The molecule has 1 saturated heterocycles. The summed E-state index contributed by atoms with van der Waals surface area (Å²) in [6.45, 7) is 6.47. The lowest BCUT2D eigenvalue weighted by Gasteiger charge is -2.31. The topological polar surface area (TPSA) is 49.4 Å². The molecule has 4 nitrogen and oxygen atoms in total. The Morgan fingerprint density at radius 3 is 2.55 bits per heavy atom. The van der Waals surface area contributed by atoms with E-state index in [0.29, 0.717) is 23.3 Å². The lowest BCUT2D eigenvalue weighted by atomic mass is 10.1. The highest BCUT2D eigenvalue weighted by Crippen LogP contribution is 2.27. The molecule has 1 fully saturated rings. The Balaban J connectivity index is 1.98. The Kier molecular flexibility index (Phi) is 5.60. The number of sulfonamides is 1. The third-order valence-electron chi connectivity index (χ3n) is 3.72. The molecule has 0 saturated carbocycles. The van der Waals surface area contributed by atoms with Crippen molar-refractivity contribution >= 4 is 21.4 Å². The van der Waals surface area contributed by atoms with Crippen molar-refractivity contribution in [1.82, 2.24) is 9.62 Å². The van der Waals surface area contributed by atoms with Crippen LogP contribution in [0.4, 0.5) is 0 Å². The molecular formula is C14H24N2O2S2. The molecule has 2 heterocycles. The Morgan fingerprint density at radius 1 is 1.30 bits per heavy atom. The molecule has 2 rings (SSSR count). The minimum atomic E-state index is -3.27. The van der Waals surface area contributed by atoms with Crippen LogP contribution in [0.3, 0.4) is 0 Å². The quantitative estimate of drug-likeness (QED) is 0.877. The molecule has 0 aliphatic carbocycles. The first kappa shape index (κ1) is 15.9. The van der Waals surface area contributed by atoms with Gasteiger partial charge >= 0.3 is 0 Å². The van der Waals surface area contributed by atoms with Crippen molar-refractivity contribution in [2.24, 2.45) is 0 Å². The third-order valence-corrected chi connectivity index (χ3v) is 7.31. The molecule has 1 aliphatic heterocycles. The second-order valence-corrected chi connectivity index (χ2v) is 8.54. The molecule has 0 aromatic carbocycles. The maximum atomic E-state index is 12.6. The molecule has 114 valence electrons. The number of piperidine rings is 1. The molecule has 20 heavy (non-hydrogen) atoms. The molecule has 0 spiro atoms. The predicted molar refractivity (Wildman–Crippen MR) is 83.8 cm³/mol. The fraction of sp³-hybridized carbons (Fsp3) is 0.714. The predicted octanol–water partition coefficient (Wildman–Crippen LogP) is 2.46. The Bertz CT molecular complexity index is 517. The molecule has 1 aromatic rings. The minimum Gasteiger partial charge on any atom is -0.314 e. The van der Waals surface area contributed by atoms with Gasteiger partial charge in [-0.2, -0.15) is 4.31 Å². The van der Waals surface area contributed by atoms with E-state index in [2.05, 4.69) is 12.2 Å². The van der Waals surface area contributed by atoms with Gasteiger partial charge in [-0.25, -0.2) is 8.42 Å². The van der Waals surface area contributed by atoms with E-state index in [-0.39, 0.29) is 0 Å². The largest absolute Gasteiger partial charge is 0.314 e. The Morgan fingerprint density at radius 2 is 2.00 bits per heavy atom. The average molecular weight is 316 g/mol. The summed E-state index contributed by atoms with van der Waals surface area (Å²) < 4.78 is 27.2. The van der Waals surface area contributed by atoms with E-state index in [1.807, 2.05) is 13.0 Å². The van der Waals surface area contributed by atoms with Gasteiger partial charge in [0.2, 0.25) is 0 Å². The molecule has 1 N–H and O–H groups in total. The number of nitrogens with one attached hydrogen (secondary N) is 1. The van der Waals surface area contributed by atoms with Crippen molar-refractivity contribution in [1.29, 1.82) is 0 Å². The summed E-state index contributed by atoms with van der Waals surface area (Å²) in [5.74, 6) is 0. The van der Waals surface area contributed by atoms with Gasteiger partial charge < -0.3 is 5.32 Å². The van der Waals surface area contributed by atoms with Crippen LogP contribution in [0.15, 0.2) is 16.3 Å². The molecule has 6 heteroatoms. The first-order valence-corrected chi connectivity index (χ1v) is 9.65. The van der Waals surface area contributed by atoms with Crippen LogP contribution >= 0.6 is 11.3 Å². The van der Waals surface area contributed by atoms with E-state index in [1.54, 1.807) is 10.4 Å². The fourth-order valence-corrected chi connectivity index (χ4v) is 5.38. The van der Waals surface area contributed by atoms with E-state index >= 15 is 0 Å². The zero-order valence-corrected chi connectivity index (χ0v) is 13.9. The van der Waals surface area contributed by atoms with E-state index in [1.165, 1.54) is 11.3 Å². The normalized spacial score (nSPS) is 18.5. The molecule has 0 amide bonds. The smallest absolute Gasteiger partial charge is 0.252 e. The van der Waals surface area contributed by atoms with Crippen molar-refractivity contribution in [3.8, 4) is 0 Å². The van der Waals surface area contributed by atoms with Gasteiger partial charge in [0.05, 0.1) is 0 Å². The van der Waals surface area contributed by atoms with E-state index in [4.69, 9.17) is 0 Å². The van der Waals surface area contributed by atoms with Gasteiger partial charge in [-0.05, 0) is 44.4 Å². The summed E-state index contributed by atoms with van der Waals surface area (Å²) in [4.78, 5) is 1.13. The number of hydrogen-bond acceptors (Lipinski definition) is 4. The van der Waals surface area contributed by atoms with Crippen LogP contribution in [0.2, 0.25) is 0 Å². The number of aryl methyl sites for hydroxylation is 1. The van der Waals surface area contributed by atoms with Crippen LogP contribution in [-0.2, 0) is 16.4 Å². The summed E-state index contributed by atoms with van der Waals surface area (Å²) in [6.07, 6.45) is 3.83. The molecule has 0 bridgehead atoms. The zero-order chi connectivity index (χ0) is 14.6. The van der Waals surface area contributed by atoms with Gasteiger partial charge in [-0.15, -0.1) is 11.3 Å². The van der Waals surface area contributed by atoms with E-state index in [9.17, 15) is 8.42 Å². The molecule has 1 aromatic heterocycles. The summed E-state index contributed by atoms with van der Waals surface area (Å²) in [5.41, 5.74) is 0. The fourth-order valence-electron chi connectivity index (χ4n) is 2.46. The number of rotatable bonds is 6. The Hall–Kier alpha value is -0.430. The van der Waals surface area contributed by atoms with Gasteiger partial charge in [0, 0.05) is 24.0 Å². The van der Waals surface area contributed by atoms with Gasteiger partial charge in [0.1, 0.15) is 4.21 Å². The minimum absolute atomic E-state index is 0.468. The van der Waals surface area contributed by atoms with E-state index in [0.717, 1.165) is 37.1 Å². The zero-order valence-electron chi connectivity index (χ0n) is 12.3. The SMILES string of the molecule is CCCNC1CCN(S(=O)(=O)c2ccc(CC)s2)CC1. The second-order valence-electron chi connectivity index (χ2n) is 5.21. The molecule has 0 unspecified atom stereocenters. The van der Waals surface area contributed by atoms with Crippen LogP contribution in [0.1, 0.15) is 38.0 Å². The van der Waals surface area contributed by atoms with Crippen molar-refractivity contribution in [3.63, 3.8) is 0 Å².